The Morgan fingerprint density at radius 3 is 2.62 bits per heavy atom. The number of nitrogens with zero attached hydrogens (tertiary/aromatic N) is 2. The number of sulfonamides is 1. The quantitative estimate of drug-likeness (QED) is 0.819. The van der Waals surface area contributed by atoms with Crippen LogP contribution in [0.5, 0.6) is 0 Å². The van der Waals surface area contributed by atoms with E-state index in [4.69, 9.17) is 16.9 Å². The van der Waals surface area contributed by atoms with Gasteiger partial charge in [0.2, 0.25) is 0 Å². The van der Waals surface area contributed by atoms with Gasteiger partial charge in [-0.25, -0.2) is 13.4 Å². The van der Waals surface area contributed by atoms with Crippen LogP contribution in [0, 0.1) is 18.3 Å². The van der Waals surface area contributed by atoms with Gasteiger partial charge >= 0.3 is 0 Å². The van der Waals surface area contributed by atoms with E-state index in [1.807, 2.05) is 6.07 Å². The monoisotopic (exact) mass is 385 g/mol. The minimum absolute atomic E-state index is 0.00993. The first-order chi connectivity index (χ1) is 9.83. The van der Waals surface area contributed by atoms with E-state index >= 15 is 0 Å². The van der Waals surface area contributed by atoms with Crippen LogP contribution >= 0.6 is 27.5 Å². The maximum atomic E-state index is 12.3. The summed E-state index contributed by atoms with van der Waals surface area (Å²) in [4.78, 5) is 4.02. The summed E-state index contributed by atoms with van der Waals surface area (Å²) < 4.78 is 27.7. The Morgan fingerprint density at radius 2 is 2.05 bits per heavy atom. The molecule has 1 N–H and O–H groups in total. The zero-order valence-electron chi connectivity index (χ0n) is 10.8. The Kier molecular flexibility index (Phi) is 4.52. The van der Waals surface area contributed by atoms with Crippen LogP contribution in [0.25, 0.3) is 0 Å². The van der Waals surface area contributed by atoms with Gasteiger partial charge in [-0.05, 0) is 53.2 Å². The Bertz CT molecular complexity index is 847. The van der Waals surface area contributed by atoms with Gasteiger partial charge in [-0.2, -0.15) is 5.26 Å². The van der Waals surface area contributed by atoms with Crippen molar-refractivity contribution in [3.63, 3.8) is 0 Å². The number of aromatic nitrogens is 1. The van der Waals surface area contributed by atoms with Gasteiger partial charge in [0.15, 0.2) is 0 Å². The molecule has 8 heteroatoms. The van der Waals surface area contributed by atoms with Crippen LogP contribution in [-0.4, -0.2) is 13.4 Å². The lowest BCUT2D eigenvalue weighted by Gasteiger charge is -2.11. The molecule has 0 aliphatic heterocycles. The second-order valence-corrected chi connectivity index (χ2v) is 7.00. The van der Waals surface area contributed by atoms with E-state index in [2.05, 4.69) is 25.6 Å². The number of anilines is 1. The molecule has 5 nitrogen and oxygen atoms in total. The summed E-state index contributed by atoms with van der Waals surface area (Å²) in [6.45, 7) is 1.68. The van der Waals surface area contributed by atoms with Crippen molar-refractivity contribution >= 4 is 43.2 Å². The third kappa shape index (κ3) is 3.53. The second kappa shape index (κ2) is 6.02. The fraction of sp³-hybridized carbons (Fsp3) is 0.0769. The van der Waals surface area contributed by atoms with E-state index in [0.717, 1.165) is 0 Å². The van der Waals surface area contributed by atoms with Crippen LogP contribution < -0.4 is 4.72 Å². The van der Waals surface area contributed by atoms with Gasteiger partial charge < -0.3 is 0 Å². The number of nitriles is 1. The Labute approximate surface area is 135 Å². The third-order valence-corrected chi connectivity index (χ3v) is 4.94. The largest absolute Gasteiger partial charge is 0.278 e. The summed E-state index contributed by atoms with van der Waals surface area (Å²) >= 11 is 9.14. The van der Waals surface area contributed by atoms with Gasteiger partial charge in [-0.1, -0.05) is 11.6 Å². The molecule has 0 bridgehead atoms. The molecule has 108 valence electrons. The summed E-state index contributed by atoms with van der Waals surface area (Å²) in [6.07, 6.45) is 0. The number of hydrogen-bond acceptors (Lipinski definition) is 4. The lowest BCUT2D eigenvalue weighted by molar-refractivity contribution is 0.601. The summed E-state index contributed by atoms with van der Waals surface area (Å²) in [5.41, 5.74) is 1.18. The van der Waals surface area contributed by atoms with Gasteiger partial charge in [0.1, 0.15) is 9.50 Å². The highest BCUT2D eigenvalue weighted by molar-refractivity contribution is 9.10. The molecule has 0 aliphatic carbocycles. The first-order valence-corrected chi connectivity index (χ1v) is 8.34. The minimum atomic E-state index is -3.85. The molecule has 0 saturated carbocycles. The lowest BCUT2D eigenvalue weighted by Crippen LogP contribution is -2.14. The molecule has 2 rings (SSSR count). The molecule has 0 aliphatic rings. The van der Waals surface area contributed by atoms with E-state index in [1.54, 1.807) is 19.1 Å². The van der Waals surface area contributed by atoms with Crippen molar-refractivity contribution in [2.45, 2.75) is 11.8 Å². The van der Waals surface area contributed by atoms with Crippen LogP contribution in [0.3, 0.4) is 0 Å². The third-order valence-electron chi connectivity index (χ3n) is 2.65. The minimum Gasteiger partial charge on any atom is -0.278 e. The summed E-state index contributed by atoms with van der Waals surface area (Å²) in [5.74, 6) is 0. The lowest BCUT2D eigenvalue weighted by atomic mass is 10.2. The van der Waals surface area contributed by atoms with Gasteiger partial charge in [-0.15, -0.1) is 0 Å². The molecule has 0 spiro atoms. The molecule has 0 amide bonds. The molecule has 0 atom stereocenters. The van der Waals surface area contributed by atoms with Crippen molar-refractivity contribution in [3.8, 4) is 6.07 Å². The van der Waals surface area contributed by atoms with Crippen LogP contribution in [0.15, 0.2) is 39.8 Å². The van der Waals surface area contributed by atoms with Crippen molar-refractivity contribution < 1.29 is 8.42 Å². The summed E-state index contributed by atoms with van der Waals surface area (Å²) in [6, 6.07) is 9.13. The first-order valence-electron chi connectivity index (χ1n) is 5.69. The zero-order valence-corrected chi connectivity index (χ0v) is 13.9. The molecule has 1 aromatic carbocycles. The molecule has 0 radical (unpaired) electrons. The van der Waals surface area contributed by atoms with Gasteiger partial charge in [0.05, 0.1) is 28.0 Å². The van der Waals surface area contributed by atoms with E-state index in [0.29, 0.717) is 21.5 Å². The SMILES string of the molecule is Cc1nc(Br)ccc1NS(=O)(=O)c1ccc(C#N)cc1Cl. The van der Waals surface area contributed by atoms with Crippen LogP contribution in [0.4, 0.5) is 5.69 Å². The van der Waals surface area contributed by atoms with Crippen LogP contribution in [0.2, 0.25) is 5.02 Å². The molecule has 1 heterocycles. The summed E-state index contributed by atoms with van der Waals surface area (Å²) in [7, 11) is -3.85. The van der Waals surface area contributed by atoms with Gasteiger partial charge in [0.25, 0.3) is 10.0 Å². The van der Waals surface area contributed by atoms with E-state index in [-0.39, 0.29) is 9.92 Å². The smallest absolute Gasteiger partial charge is 0.263 e. The highest BCUT2D eigenvalue weighted by Crippen LogP contribution is 2.26. The van der Waals surface area contributed by atoms with Crippen LogP contribution in [0.1, 0.15) is 11.3 Å². The molecule has 0 unspecified atom stereocenters. The van der Waals surface area contributed by atoms with Crippen molar-refractivity contribution in [1.29, 1.82) is 5.26 Å². The van der Waals surface area contributed by atoms with Crippen molar-refractivity contribution in [1.82, 2.24) is 4.98 Å². The second-order valence-electron chi connectivity index (χ2n) is 4.13. The molecular formula is C13H9BrClN3O2S. The maximum Gasteiger partial charge on any atom is 0.263 e. The standard InChI is InChI=1S/C13H9BrClN3O2S/c1-8-11(3-5-13(14)17-8)18-21(19,20)12-4-2-9(7-16)6-10(12)15/h2-6,18H,1H3. The number of pyridine rings is 1. The number of aryl methyl sites for hydroxylation is 1. The number of benzene rings is 1. The molecule has 0 fully saturated rings. The molecule has 2 aromatic rings. The van der Waals surface area contributed by atoms with Crippen LogP contribution in [-0.2, 0) is 10.0 Å². The van der Waals surface area contributed by atoms with Crippen molar-refractivity contribution in [2.75, 3.05) is 4.72 Å². The topological polar surface area (TPSA) is 82.8 Å². The van der Waals surface area contributed by atoms with Gasteiger partial charge in [-0.3, -0.25) is 4.72 Å². The van der Waals surface area contributed by atoms with E-state index < -0.39 is 10.0 Å². The first kappa shape index (κ1) is 15.8. The molecule has 21 heavy (non-hydrogen) atoms. The number of hydrogen-bond donors (Lipinski definition) is 1. The molecular weight excluding hydrogens is 378 g/mol. The normalized spacial score (nSPS) is 11.0. The average molecular weight is 387 g/mol. The zero-order chi connectivity index (χ0) is 15.6. The predicted octanol–water partition coefficient (Wildman–Crippen LogP) is 3.48. The number of nitrogens with one attached hydrogen (secondary N) is 1. The van der Waals surface area contributed by atoms with Crippen molar-refractivity contribution in [2.24, 2.45) is 0 Å². The Morgan fingerprint density at radius 1 is 1.33 bits per heavy atom. The molecule has 0 saturated heterocycles. The van der Waals surface area contributed by atoms with E-state index in [9.17, 15) is 8.42 Å². The average Bonchev–Trinajstić information content (AvgIpc) is 2.41. The van der Waals surface area contributed by atoms with Gasteiger partial charge in [0, 0.05) is 0 Å². The highest BCUT2D eigenvalue weighted by Gasteiger charge is 2.19. The Hall–Kier alpha value is -1.62. The predicted molar refractivity (Wildman–Crippen MR) is 83.6 cm³/mol. The summed E-state index contributed by atoms with van der Waals surface area (Å²) in [5, 5.41) is 8.76. The Balaban J connectivity index is 2.41. The number of rotatable bonds is 3. The fourth-order valence-corrected chi connectivity index (χ4v) is 3.69. The maximum absolute atomic E-state index is 12.3. The number of halogens is 2. The molecule has 1 aromatic heterocycles. The fourth-order valence-electron chi connectivity index (χ4n) is 1.63. The van der Waals surface area contributed by atoms with Crippen molar-refractivity contribution in [3.05, 3.63) is 51.2 Å². The van der Waals surface area contributed by atoms with E-state index in [1.165, 1.54) is 18.2 Å². The highest BCUT2D eigenvalue weighted by atomic mass is 79.9.